The first-order valence-electron chi connectivity index (χ1n) is 7.36. The van der Waals surface area contributed by atoms with Gasteiger partial charge in [0.25, 0.3) is 0 Å². The molecule has 3 nitrogen and oxygen atoms in total. The molecule has 4 aromatic rings. The van der Waals surface area contributed by atoms with Gasteiger partial charge >= 0.3 is 0 Å². The average molecular weight is 297 g/mol. The summed E-state index contributed by atoms with van der Waals surface area (Å²) < 4.78 is 5.65. The summed E-state index contributed by atoms with van der Waals surface area (Å²) in [6.07, 6.45) is 4.45. The lowest BCUT2D eigenvalue weighted by Gasteiger charge is -2.11. The summed E-state index contributed by atoms with van der Waals surface area (Å²) in [6.45, 7) is 0. The first-order valence-corrected chi connectivity index (χ1v) is 7.36. The molecule has 0 aliphatic carbocycles. The summed E-state index contributed by atoms with van der Waals surface area (Å²) in [7, 11) is 0. The second-order valence-corrected chi connectivity index (χ2v) is 5.11. The van der Waals surface area contributed by atoms with Crippen LogP contribution in [0.2, 0.25) is 0 Å². The second-order valence-electron chi connectivity index (χ2n) is 5.11. The molecule has 23 heavy (non-hydrogen) atoms. The fraction of sp³-hybridized carbons (Fsp3) is 0. The van der Waals surface area contributed by atoms with Crippen molar-refractivity contribution in [3.8, 4) is 33.8 Å². The Hall–Kier alpha value is -3.20. The Balaban J connectivity index is 2.01. The van der Waals surface area contributed by atoms with Crippen molar-refractivity contribution < 1.29 is 4.42 Å². The molecule has 109 valence electrons. The number of furan rings is 1. The highest BCUT2D eigenvalue weighted by atomic mass is 16.3. The third kappa shape index (κ3) is 2.53. The van der Waals surface area contributed by atoms with E-state index in [2.05, 4.69) is 16.3 Å². The van der Waals surface area contributed by atoms with E-state index in [0.29, 0.717) is 0 Å². The van der Waals surface area contributed by atoms with Crippen LogP contribution in [-0.2, 0) is 0 Å². The lowest BCUT2D eigenvalue weighted by Crippen LogP contribution is -1.96. The van der Waals surface area contributed by atoms with Gasteiger partial charge in [0.15, 0.2) is 6.33 Å². The minimum Gasteiger partial charge on any atom is -0.464 e. The van der Waals surface area contributed by atoms with Crippen LogP contribution in [0.5, 0.6) is 0 Å². The van der Waals surface area contributed by atoms with Crippen LogP contribution in [0.3, 0.4) is 0 Å². The van der Waals surface area contributed by atoms with Crippen LogP contribution in [0, 0.1) is 6.33 Å². The van der Waals surface area contributed by atoms with E-state index in [0.717, 1.165) is 33.8 Å². The molecule has 4 rings (SSSR count). The predicted molar refractivity (Wildman–Crippen MR) is 89.4 cm³/mol. The fourth-order valence-corrected chi connectivity index (χ4v) is 2.61. The van der Waals surface area contributed by atoms with Gasteiger partial charge in [0.2, 0.25) is 0 Å². The van der Waals surface area contributed by atoms with Crippen molar-refractivity contribution >= 4 is 0 Å². The molecule has 0 aliphatic rings. The Morgan fingerprint density at radius 2 is 1.22 bits per heavy atom. The molecule has 2 aromatic heterocycles. The van der Waals surface area contributed by atoms with Crippen molar-refractivity contribution in [3.05, 3.63) is 85.4 Å². The molecule has 0 N–H and O–H groups in total. The number of benzene rings is 2. The molecule has 0 unspecified atom stereocenters. The van der Waals surface area contributed by atoms with Crippen molar-refractivity contribution in [1.29, 1.82) is 0 Å². The highest BCUT2D eigenvalue weighted by Gasteiger charge is 2.18. The van der Waals surface area contributed by atoms with E-state index in [1.54, 1.807) is 6.26 Å². The summed E-state index contributed by atoms with van der Waals surface area (Å²) in [4.78, 5) is 8.79. The van der Waals surface area contributed by atoms with Gasteiger partial charge in [-0.1, -0.05) is 60.7 Å². The van der Waals surface area contributed by atoms with Crippen molar-refractivity contribution in [1.82, 2.24) is 9.97 Å². The molecule has 0 spiro atoms. The predicted octanol–water partition coefficient (Wildman–Crippen LogP) is 4.87. The zero-order valence-electron chi connectivity index (χ0n) is 12.3. The maximum atomic E-state index is 5.65. The Kier molecular flexibility index (Phi) is 3.45. The van der Waals surface area contributed by atoms with Crippen LogP contribution in [0.1, 0.15) is 0 Å². The van der Waals surface area contributed by atoms with Crippen molar-refractivity contribution in [2.24, 2.45) is 0 Å². The zero-order chi connectivity index (χ0) is 15.5. The van der Waals surface area contributed by atoms with Gasteiger partial charge < -0.3 is 4.42 Å². The van der Waals surface area contributed by atoms with E-state index >= 15 is 0 Å². The summed E-state index contributed by atoms with van der Waals surface area (Å²) >= 11 is 0. The van der Waals surface area contributed by atoms with Gasteiger partial charge in [0.05, 0.1) is 23.2 Å². The van der Waals surface area contributed by atoms with Crippen LogP contribution in [0.4, 0.5) is 0 Å². The first kappa shape index (κ1) is 13.5. The van der Waals surface area contributed by atoms with Crippen molar-refractivity contribution in [2.45, 2.75) is 0 Å². The average Bonchev–Trinajstić information content (AvgIpc) is 3.17. The number of hydrogen-bond donors (Lipinski definition) is 0. The van der Waals surface area contributed by atoms with Gasteiger partial charge in [0, 0.05) is 11.1 Å². The third-order valence-electron chi connectivity index (χ3n) is 3.66. The summed E-state index contributed by atoms with van der Waals surface area (Å²) in [5, 5.41) is 0. The van der Waals surface area contributed by atoms with Crippen LogP contribution in [0.25, 0.3) is 33.8 Å². The molecule has 1 radical (unpaired) electrons. The van der Waals surface area contributed by atoms with E-state index in [1.807, 2.05) is 72.8 Å². The Bertz CT molecular complexity index is 843. The minimum atomic E-state index is 0.747. The SMILES string of the molecule is [c]1nc(-c2ccccc2)c(-c2ccco2)c(-c2ccccc2)n1. The molecule has 3 heteroatoms. The lowest BCUT2D eigenvalue weighted by atomic mass is 9.98. The maximum Gasteiger partial charge on any atom is 0.198 e. The summed E-state index contributed by atoms with van der Waals surface area (Å²) in [5.74, 6) is 0.747. The molecule has 0 fully saturated rings. The van der Waals surface area contributed by atoms with Gasteiger partial charge in [-0.2, -0.15) is 0 Å². The van der Waals surface area contributed by atoms with E-state index < -0.39 is 0 Å². The largest absolute Gasteiger partial charge is 0.464 e. The fourth-order valence-electron chi connectivity index (χ4n) is 2.61. The molecule has 0 saturated carbocycles. The molecule has 0 atom stereocenters. The lowest BCUT2D eigenvalue weighted by molar-refractivity contribution is 0.582. The molecule has 2 heterocycles. The van der Waals surface area contributed by atoms with Crippen molar-refractivity contribution in [2.75, 3.05) is 0 Å². The summed E-state index contributed by atoms with van der Waals surface area (Å²) in [6, 6.07) is 23.8. The Labute approximate surface area is 134 Å². The van der Waals surface area contributed by atoms with Gasteiger partial charge in [-0.15, -0.1) is 0 Å². The van der Waals surface area contributed by atoms with E-state index in [4.69, 9.17) is 4.42 Å². The van der Waals surface area contributed by atoms with Crippen LogP contribution < -0.4 is 0 Å². The second kappa shape index (κ2) is 5.89. The van der Waals surface area contributed by atoms with Crippen LogP contribution in [0.15, 0.2) is 83.5 Å². The maximum absolute atomic E-state index is 5.65. The smallest absolute Gasteiger partial charge is 0.198 e. The molecular formula is C20H13N2O. The van der Waals surface area contributed by atoms with E-state index in [1.165, 1.54) is 0 Å². The number of aromatic nitrogens is 2. The first-order chi connectivity index (χ1) is 11.4. The van der Waals surface area contributed by atoms with E-state index in [-0.39, 0.29) is 0 Å². The zero-order valence-corrected chi connectivity index (χ0v) is 12.3. The number of hydrogen-bond acceptors (Lipinski definition) is 3. The highest BCUT2D eigenvalue weighted by Crippen LogP contribution is 2.37. The normalized spacial score (nSPS) is 10.6. The number of rotatable bonds is 3. The van der Waals surface area contributed by atoms with Crippen LogP contribution in [-0.4, -0.2) is 9.97 Å². The van der Waals surface area contributed by atoms with Crippen LogP contribution >= 0.6 is 0 Å². The Morgan fingerprint density at radius 1 is 0.652 bits per heavy atom. The van der Waals surface area contributed by atoms with Crippen molar-refractivity contribution in [3.63, 3.8) is 0 Å². The topological polar surface area (TPSA) is 38.9 Å². The van der Waals surface area contributed by atoms with Gasteiger partial charge in [0.1, 0.15) is 5.76 Å². The quantitative estimate of drug-likeness (QED) is 0.541. The Morgan fingerprint density at radius 3 is 1.70 bits per heavy atom. The molecule has 0 aliphatic heterocycles. The van der Waals surface area contributed by atoms with Gasteiger partial charge in [-0.25, -0.2) is 9.97 Å². The molecular weight excluding hydrogens is 284 g/mol. The third-order valence-corrected chi connectivity index (χ3v) is 3.66. The highest BCUT2D eigenvalue weighted by molar-refractivity contribution is 5.88. The van der Waals surface area contributed by atoms with Gasteiger partial charge in [-0.05, 0) is 12.1 Å². The minimum absolute atomic E-state index is 0.747. The summed E-state index contributed by atoms with van der Waals surface area (Å²) in [5.41, 5.74) is 4.53. The van der Waals surface area contributed by atoms with Gasteiger partial charge in [-0.3, -0.25) is 0 Å². The standard InChI is InChI=1S/C20H13N2O/c1-3-8-15(9-4-1)19-18(17-12-7-13-23-17)20(22-14-21-19)16-10-5-2-6-11-16/h1-13H. The monoisotopic (exact) mass is 297 g/mol. The molecule has 2 aromatic carbocycles. The van der Waals surface area contributed by atoms with E-state index in [9.17, 15) is 0 Å². The number of nitrogens with zero attached hydrogens (tertiary/aromatic N) is 2. The molecule has 0 bridgehead atoms. The molecule has 0 saturated heterocycles. The molecule has 0 amide bonds.